The smallest absolute Gasteiger partial charge is 0.324 e. The molecule has 0 fully saturated rings. The van der Waals surface area contributed by atoms with Crippen molar-refractivity contribution in [2.45, 2.75) is 17.4 Å². The Bertz CT molecular complexity index is 1380. The first-order chi connectivity index (χ1) is 16.9. The van der Waals surface area contributed by atoms with Crippen molar-refractivity contribution in [2.75, 3.05) is 14.2 Å². The topological polar surface area (TPSA) is 94.6 Å². The van der Waals surface area contributed by atoms with Crippen LogP contribution in [-0.2, 0) is 26.0 Å². The van der Waals surface area contributed by atoms with Gasteiger partial charge in [-0.3, -0.25) is 4.79 Å². The summed E-state index contributed by atoms with van der Waals surface area (Å²) >= 11 is 1.51. The van der Waals surface area contributed by atoms with Crippen LogP contribution in [0.1, 0.15) is 5.56 Å². The second kappa shape index (κ2) is 10.8. The minimum atomic E-state index is -3.96. The summed E-state index contributed by atoms with van der Waals surface area (Å²) in [6.45, 7) is 0. The highest BCUT2D eigenvalue weighted by Gasteiger charge is 2.27. The number of carbonyl (C=O) groups is 1. The molecule has 1 atom stereocenters. The van der Waals surface area contributed by atoms with Crippen LogP contribution < -0.4 is 9.46 Å². The number of sulfonamides is 1. The molecule has 0 aliphatic carbocycles. The average Bonchev–Trinajstić information content (AvgIpc) is 3.39. The second-order valence-electron chi connectivity index (χ2n) is 7.67. The quantitative estimate of drug-likeness (QED) is 0.334. The molecule has 0 spiro atoms. The summed E-state index contributed by atoms with van der Waals surface area (Å²) in [6.07, 6.45) is 1.97. The highest BCUT2D eigenvalue weighted by Crippen LogP contribution is 2.33. The molecular formula is C26H24N2O5S2. The van der Waals surface area contributed by atoms with E-state index in [1.54, 1.807) is 25.4 Å². The normalized spacial score (nSPS) is 12.2. The predicted octanol–water partition coefficient (Wildman–Crippen LogP) is 4.55. The third-order valence-electron chi connectivity index (χ3n) is 5.36. The summed E-state index contributed by atoms with van der Waals surface area (Å²) in [5.74, 6) is 0.130. The van der Waals surface area contributed by atoms with E-state index in [4.69, 9.17) is 9.47 Å². The molecule has 0 saturated heterocycles. The van der Waals surface area contributed by atoms with Gasteiger partial charge in [0, 0.05) is 11.8 Å². The van der Waals surface area contributed by atoms with E-state index in [2.05, 4.69) is 9.71 Å². The fourth-order valence-electron chi connectivity index (χ4n) is 3.49. The number of nitrogens with zero attached hydrogens (tertiary/aromatic N) is 1. The van der Waals surface area contributed by atoms with Gasteiger partial charge in [0.15, 0.2) is 0 Å². The van der Waals surface area contributed by atoms with Gasteiger partial charge in [0.1, 0.15) is 16.8 Å². The lowest BCUT2D eigenvalue weighted by Crippen LogP contribution is -2.42. The number of rotatable bonds is 9. The molecule has 9 heteroatoms. The van der Waals surface area contributed by atoms with Crippen LogP contribution >= 0.6 is 11.3 Å². The van der Waals surface area contributed by atoms with Crippen molar-refractivity contribution >= 4 is 27.3 Å². The van der Waals surface area contributed by atoms with Gasteiger partial charge in [0.05, 0.1) is 24.0 Å². The monoisotopic (exact) mass is 508 g/mol. The Morgan fingerprint density at radius 3 is 2.23 bits per heavy atom. The van der Waals surface area contributed by atoms with Crippen molar-refractivity contribution in [3.05, 3.63) is 90.6 Å². The number of esters is 1. The van der Waals surface area contributed by atoms with Crippen molar-refractivity contribution in [3.8, 4) is 26.8 Å². The highest BCUT2D eigenvalue weighted by molar-refractivity contribution is 7.89. The van der Waals surface area contributed by atoms with Crippen LogP contribution in [0.25, 0.3) is 21.0 Å². The van der Waals surface area contributed by atoms with Crippen LogP contribution in [0.5, 0.6) is 5.75 Å². The second-order valence-corrected chi connectivity index (χ2v) is 10.4. The number of ether oxygens (including phenoxy) is 2. The third-order valence-corrected chi connectivity index (χ3v) is 7.94. The molecule has 0 aliphatic heterocycles. The number of nitrogens with one attached hydrogen (secondary N) is 1. The van der Waals surface area contributed by atoms with Crippen molar-refractivity contribution in [2.24, 2.45) is 0 Å². The van der Waals surface area contributed by atoms with E-state index in [9.17, 15) is 13.2 Å². The Morgan fingerprint density at radius 2 is 1.60 bits per heavy atom. The van der Waals surface area contributed by atoms with Crippen molar-refractivity contribution < 1.29 is 22.7 Å². The van der Waals surface area contributed by atoms with Crippen LogP contribution in [0.3, 0.4) is 0 Å². The molecule has 0 bridgehead atoms. The Kier molecular flexibility index (Phi) is 7.60. The van der Waals surface area contributed by atoms with E-state index in [1.165, 1.54) is 30.6 Å². The summed E-state index contributed by atoms with van der Waals surface area (Å²) in [6, 6.07) is 22.2. The maximum absolute atomic E-state index is 13.0. The zero-order valence-corrected chi connectivity index (χ0v) is 20.8. The Morgan fingerprint density at radius 1 is 0.943 bits per heavy atom. The van der Waals surface area contributed by atoms with Crippen LogP contribution in [0, 0.1) is 0 Å². The first-order valence-corrected chi connectivity index (χ1v) is 13.0. The molecule has 1 aromatic heterocycles. The first kappa shape index (κ1) is 24.6. The first-order valence-electron chi connectivity index (χ1n) is 10.7. The maximum atomic E-state index is 13.0. The number of hydrogen-bond donors (Lipinski definition) is 1. The van der Waals surface area contributed by atoms with E-state index in [1.807, 2.05) is 54.6 Å². The molecule has 0 saturated carbocycles. The van der Waals surface area contributed by atoms with E-state index in [0.29, 0.717) is 0 Å². The number of carbonyl (C=O) groups excluding carboxylic acids is 1. The van der Waals surface area contributed by atoms with E-state index >= 15 is 0 Å². The predicted molar refractivity (Wildman–Crippen MR) is 136 cm³/mol. The molecule has 4 aromatic rings. The number of benzene rings is 3. The Hall–Kier alpha value is -3.53. The van der Waals surface area contributed by atoms with Gasteiger partial charge in [-0.25, -0.2) is 13.4 Å². The van der Waals surface area contributed by atoms with Gasteiger partial charge in [-0.15, -0.1) is 11.3 Å². The molecule has 1 heterocycles. The zero-order chi connectivity index (χ0) is 24.8. The standard InChI is InChI=1S/C26H24N2O5S2/c1-32-21-12-8-19(9-13-21)24-17-27-25(34-24)20-10-14-22(15-11-20)35(30,31)28-23(26(29)33-2)16-18-6-4-3-5-7-18/h3-15,17,23,28H,16H2,1-2H3/t23-/m1/s1. The molecule has 0 amide bonds. The molecule has 4 rings (SSSR count). The minimum absolute atomic E-state index is 0.0511. The summed E-state index contributed by atoms with van der Waals surface area (Å²) in [5.41, 5.74) is 2.63. The summed E-state index contributed by atoms with van der Waals surface area (Å²) in [7, 11) is -1.10. The van der Waals surface area contributed by atoms with E-state index < -0.39 is 22.0 Å². The van der Waals surface area contributed by atoms with Gasteiger partial charge >= 0.3 is 5.97 Å². The Balaban J connectivity index is 1.51. The minimum Gasteiger partial charge on any atom is -0.497 e. The van der Waals surface area contributed by atoms with Crippen LogP contribution in [-0.4, -0.2) is 39.6 Å². The molecule has 35 heavy (non-hydrogen) atoms. The molecule has 180 valence electrons. The van der Waals surface area contributed by atoms with Crippen molar-refractivity contribution in [3.63, 3.8) is 0 Å². The molecule has 7 nitrogen and oxygen atoms in total. The van der Waals surface area contributed by atoms with Gasteiger partial charge in [-0.05, 0) is 53.9 Å². The SMILES string of the molecule is COC(=O)[C@@H](Cc1ccccc1)NS(=O)(=O)c1ccc(-c2ncc(-c3ccc(OC)cc3)s2)cc1. The van der Waals surface area contributed by atoms with Crippen LogP contribution in [0.2, 0.25) is 0 Å². The van der Waals surface area contributed by atoms with Gasteiger partial charge in [-0.1, -0.05) is 42.5 Å². The average molecular weight is 509 g/mol. The largest absolute Gasteiger partial charge is 0.497 e. The van der Waals surface area contributed by atoms with Crippen molar-refractivity contribution in [1.29, 1.82) is 0 Å². The number of thiazole rings is 1. The fourth-order valence-corrected chi connectivity index (χ4v) is 5.61. The molecule has 0 unspecified atom stereocenters. The van der Waals surface area contributed by atoms with E-state index in [0.717, 1.165) is 32.3 Å². The lowest BCUT2D eigenvalue weighted by Gasteiger charge is -2.17. The van der Waals surface area contributed by atoms with Gasteiger partial charge in [0.2, 0.25) is 10.0 Å². The zero-order valence-electron chi connectivity index (χ0n) is 19.2. The van der Waals surface area contributed by atoms with Crippen LogP contribution in [0.15, 0.2) is 90.0 Å². The maximum Gasteiger partial charge on any atom is 0.324 e. The summed E-state index contributed by atoms with van der Waals surface area (Å²) < 4.78 is 38.5. The fraction of sp³-hybridized carbons (Fsp3) is 0.154. The Labute approximate surface area is 208 Å². The lowest BCUT2D eigenvalue weighted by atomic mass is 10.1. The summed E-state index contributed by atoms with van der Waals surface area (Å²) in [5, 5.41) is 0.768. The molecule has 0 aliphatic rings. The highest BCUT2D eigenvalue weighted by atomic mass is 32.2. The molecular weight excluding hydrogens is 484 g/mol. The number of aromatic nitrogens is 1. The van der Waals surface area contributed by atoms with Gasteiger partial charge in [0.25, 0.3) is 0 Å². The van der Waals surface area contributed by atoms with Crippen molar-refractivity contribution in [1.82, 2.24) is 9.71 Å². The van der Waals surface area contributed by atoms with Crippen LogP contribution in [0.4, 0.5) is 0 Å². The molecule has 0 radical (unpaired) electrons. The van der Waals surface area contributed by atoms with E-state index in [-0.39, 0.29) is 11.3 Å². The number of hydrogen-bond acceptors (Lipinski definition) is 7. The third kappa shape index (κ3) is 5.94. The van der Waals surface area contributed by atoms with Gasteiger partial charge in [-0.2, -0.15) is 4.72 Å². The molecule has 3 aromatic carbocycles. The lowest BCUT2D eigenvalue weighted by molar-refractivity contribution is -0.142. The number of methoxy groups -OCH3 is 2. The van der Waals surface area contributed by atoms with Gasteiger partial charge < -0.3 is 9.47 Å². The molecule has 1 N–H and O–H groups in total. The summed E-state index contributed by atoms with van der Waals surface area (Å²) in [4.78, 5) is 17.8.